The molecule has 1 aromatic heterocycles. The van der Waals surface area contributed by atoms with Crippen LogP contribution in [-0.2, 0) is 9.53 Å². The fourth-order valence-corrected chi connectivity index (χ4v) is 5.17. The minimum absolute atomic E-state index is 0.0319. The summed E-state index contributed by atoms with van der Waals surface area (Å²) in [4.78, 5) is 48.0. The predicted molar refractivity (Wildman–Crippen MR) is 110 cm³/mol. The molecule has 2 bridgehead atoms. The van der Waals surface area contributed by atoms with E-state index in [-0.39, 0.29) is 29.7 Å². The Labute approximate surface area is 178 Å². The van der Waals surface area contributed by atoms with Gasteiger partial charge in [-0.2, -0.15) is 5.26 Å². The van der Waals surface area contributed by atoms with Gasteiger partial charge in [0.2, 0.25) is 0 Å². The highest BCUT2D eigenvalue weighted by molar-refractivity contribution is 6.25. The van der Waals surface area contributed by atoms with Crippen molar-refractivity contribution >= 4 is 34.5 Å². The first-order valence-corrected chi connectivity index (χ1v) is 10.3. The average Bonchev–Trinajstić information content (AvgIpc) is 3.32. The number of ether oxygens (including phenoxy) is 1. The second-order valence-electron chi connectivity index (χ2n) is 8.46. The Morgan fingerprint density at radius 2 is 1.97 bits per heavy atom. The summed E-state index contributed by atoms with van der Waals surface area (Å²) in [5, 5.41) is 10.5. The molecule has 1 aromatic carbocycles. The Kier molecular flexibility index (Phi) is 4.15. The zero-order valence-electron chi connectivity index (χ0n) is 17.3. The van der Waals surface area contributed by atoms with Crippen LogP contribution in [0.4, 0.5) is 15.3 Å². The SMILES string of the molecule is CC(C)OC(=O)N1CC2[C@H](C)C1C1C(=O)N(c3cnc(C#N)c4ccccc34)C(=O)N12. The van der Waals surface area contributed by atoms with Crippen LogP contribution in [0.25, 0.3) is 10.8 Å². The normalized spacial score (nSPS) is 26.7. The zero-order valence-corrected chi connectivity index (χ0v) is 17.3. The van der Waals surface area contributed by atoms with Crippen molar-refractivity contribution in [2.75, 3.05) is 11.4 Å². The van der Waals surface area contributed by atoms with E-state index in [0.717, 1.165) is 4.90 Å². The number of likely N-dealkylation sites (tertiary alicyclic amines) is 1. The largest absolute Gasteiger partial charge is 0.447 e. The van der Waals surface area contributed by atoms with Gasteiger partial charge in [0, 0.05) is 23.2 Å². The number of imide groups is 1. The summed E-state index contributed by atoms with van der Waals surface area (Å²) in [6.07, 6.45) is 0.666. The molecular weight excluding hydrogens is 398 g/mol. The molecule has 0 N–H and O–H groups in total. The van der Waals surface area contributed by atoms with Gasteiger partial charge in [-0.05, 0) is 13.8 Å². The molecule has 3 saturated heterocycles. The Hall–Kier alpha value is -3.67. The van der Waals surface area contributed by atoms with Crippen molar-refractivity contribution in [2.45, 2.75) is 45.0 Å². The summed E-state index contributed by atoms with van der Waals surface area (Å²) >= 11 is 0. The van der Waals surface area contributed by atoms with Crippen LogP contribution in [0, 0.1) is 17.2 Å². The van der Waals surface area contributed by atoms with Crippen molar-refractivity contribution in [2.24, 2.45) is 5.92 Å². The lowest BCUT2D eigenvalue weighted by molar-refractivity contribution is -0.121. The van der Waals surface area contributed by atoms with Crippen LogP contribution in [0.3, 0.4) is 0 Å². The van der Waals surface area contributed by atoms with Gasteiger partial charge in [0.25, 0.3) is 5.91 Å². The summed E-state index contributed by atoms with van der Waals surface area (Å²) in [5.74, 6) is -0.418. The maximum atomic E-state index is 13.5. The first kappa shape index (κ1) is 19.3. The van der Waals surface area contributed by atoms with E-state index >= 15 is 0 Å². The summed E-state index contributed by atoms with van der Waals surface area (Å²) < 4.78 is 5.36. The fraction of sp³-hybridized carbons (Fsp3) is 0.409. The Balaban J connectivity index is 1.55. The molecule has 3 aliphatic heterocycles. The van der Waals surface area contributed by atoms with E-state index in [0.29, 0.717) is 23.0 Å². The molecule has 3 aliphatic rings. The van der Waals surface area contributed by atoms with Crippen molar-refractivity contribution in [3.8, 4) is 6.07 Å². The van der Waals surface area contributed by atoms with Crippen molar-refractivity contribution in [1.29, 1.82) is 5.26 Å². The van der Waals surface area contributed by atoms with Crippen LogP contribution < -0.4 is 4.90 Å². The molecule has 158 valence electrons. The number of rotatable bonds is 2. The van der Waals surface area contributed by atoms with E-state index in [1.807, 2.05) is 13.0 Å². The lowest BCUT2D eigenvalue weighted by Crippen LogP contribution is -2.55. The van der Waals surface area contributed by atoms with Crippen LogP contribution in [0.5, 0.6) is 0 Å². The molecule has 5 rings (SSSR count). The highest BCUT2D eigenvalue weighted by atomic mass is 16.6. The standard InChI is InChI=1S/C22H21N5O4/c1-11(2)31-22(30)25-10-17-12(3)18(25)19-20(28)27(21(29)26(17)19)16-9-24-15(8-23)13-6-4-5-7-14(13)16/h4-7,9,11-12,17-19H,10H2,1-3H3/t12-,17?,18?,19?/m0/s1. The number of hydrogen-bond acceptors (Lipinski definition) is 6. The number of amides is 4. The second kappa shape index (κ2) is 6.67. The van der Waals surface area contributed by atoms with E-state index in [9.17, 15) is 19.6 Å². The molecule has 4 heterocycles. The van der Waals surface area contributed by atoms with Crippen LogP contribution in [0.2, 0.25) is 0 Å². The van der Waals surface area contributed by atoms with E-state index in [1.54, 1.807) is 47.9 Å². The molecular formula is C22H21N5O4. The highest BCUT2D eigenvalue weighted by Crippen LogP contribution is 2.46. The molecule has 9 heteroatoms. The minimum Gasteiger partial charge on any atom is -0.447 e. The molecule has 9 nitrogen and oxygen atoms in total. The third-order valence-electron chi connectivity index (χ3n) is 6.45. The quantitative estimate of drug-likeness (QED) is 0.692. The van der Waals surface area contributed by atoms with Gasteiger partial charge < -0.3 is 14.5 Å². The molecule has 4 amide bonds. The van der Waals surface area contributed by atoms with E-state index in [4.69, 9.17) is 4.74 Å². The lowest BCUT2D eigenvalue weighted by Gasteiger charge is -2.34. The number of urea groups is 1. The van der Waals surface area contributed by atoms with Crippen molar-refractivity contribution < 1.29 is 19.1 Å². The molecule has 4 atom stereocenters. The maximum Gasteiger partial charge on any atom is 0.410 e. The molecule has 3 unspecified atom stereocenters. The van der Waals surface area contributed by atoms with Crippen LogP contribution >= 0.6 is 0 Å². The fourth-order valence-electron chi connectivity index (χ4n) is 5.17. The first-order chi connectivity index (χ1) is 14.8. The number of nitriles is 1. The van der Waals surface area contributed by atoms with Gasteiger partial charge in [-0.15, -0.1) is 0 Å². The number of piperazine rings is 1. The molecule has 0 radical (unpaired) electrons. The van der Waals surface area contributed by atoms with E-state index < -0.39 is 24.2 Å². The number of hydrogen-bond donors (Lipinski definition) is 0. The number of nitrogens with zero attached hydrogens (tertiary/aromatic N) is 5. The lowest BCUT2D eigenvalue weighted by atomic mass is 9.99. The number of carbonyl (C=O) groups excluding carboxylic acids is 3. The number of anilines is 1. The topological polar surface area (TPSA) is 107 Å². The number of fused-ring (bicyclic) bond motifs is 6. The summed E-state index contributed by atoms with van der Waals surface area (Å²) in [6, 6.07) is 7.26. The van der Waals surface area contributed by atoms with Crippen molar-refractivity contribution in [1.82, 2.24) is 14.8 Å². The van der Waals surface area contributed by atoms with Crippen LogP contribution in [-0.4, -0.2) is 63.6 Å². The van der Waals surface area contributed by atoms with Gasteiger partial charge in [0.15, 0.2) is 0 Å². The van der Waals surface area contributed by atoms with Gasteiger partial charge in [0.05, 0.1) is 30.1 Å². The molecule has 0 spiro atoms. The van der Waals surface area contributed by atoms with Crippen LogP contribution in [0.1, 0.15) is 26.5 Å². The van der Waals surface area contributed by atoms with Crippen molar-refractivity contribution in [3.63, 3.8) is 0 Å². The van der Waals surface area contributed by atoms with Crippen molar-refractivity contribution in [3.05, 3.63) is 36.2 Å². The highest BCUT2D eigenvalue weighted by Gasteiger charge is 2.66. The Bertz CT molecular complexity index is 1170. The van der Waals surface area contributed by atoms with E-state index in [1.165, 1.54) is 6.20 Å². The smallest absolute Gasteiger partial charge is 0.410 e. The molecule has 31 heavy (non-hydrogen) atoms. The summed E-state index contributed by atoms with van der Waals surface area (Å²) in [6.45, 7) is 5.85. The van der Waals surface area contributed by atoms with E-state index in [2.05, 4.69) is 4.98 Å². The van der Waals surface area contributed by atoms with Gasteiger partial charge in [-0.1, -0.05) is 31.2 Å². The molecule has 3 fully saturated rings. The Morgan fingerprint density at radius 1 is 1.26 bits per heavy atom. The van der Waals surface area contributed by atoms with Gasteiger partial charge in [0.1, 0.15) is 17.8 Å². The summed E-state index contributed by atoms with van der Waals surface area (Å²) in [5.41, 5.74) is 0.581. The first-order valence-electron chi connectivity index (χ1n) is 10.3. The molecule has 0 saturated carbocycles. The molecule has 0 aliphatic carbocycles. The summed E-state index contributed by atoms with van der Waals surface area (Å²) in [7, 11) is 0. The van der Waals surface area contributed by atoms with Gasteiger partial charge in [-0.3, -0.25) is 4.79 Å². The average molecular weight is 419 g/mol. The predicted octanol–water partition coefficient (Wildman–Crippen LogP) is 2.49. The van der Waals surface area contributed by atoms with Gasteiger partial charge >= 0.3 is 12.1 Å². The number of aromatic nitrogens is 1. The molecule has 2 aromatic rings. The van der Waals surface area contributed by atoms with Gasteiger partial charge in [-0.25, -0.2) is 19.5 Å². The maximum absolute atomic E-state index is 13.5. The number of carbonyl (C=O) groups is 3. The van der Waals surface area contributed by atoms with Crippen LogP contribution in [0.15, 0.2) is 30.5 Å². The number of pyridine rings is 1. The monoisotopic (exact) mass is 419 g/mol. The third-order valence-corrected chi connectivity index (χ3v) is 6.45. The Morgan fingerprint density at radius 3 is 2.65 bits per heavy atom. The number of benzene rings is 1. The zero-order chi connectivity index (χ0) is 22.0. The second-order valence-corrected chi connectivity index (χ2v) is 8.46. The third kappa shape index (κ3) is 2.54. The minimum atomic E-state index is -0.754.